The maximum absolute atomic E-state index is 12.7. The smallest absolute Gasteiger partial charge is 0.242 e. The van der Waals surface area contributed by atoms with Crippen LogP contribution < -0.4 is 5.32 Å². The summed E-state index contributed by atoms with van der Waals surface area (Å²) < 4.78 is 0. The molecule has 2 atom stereocenters. The summed E-state index contributed by atoms with van der Waals surface area (Å²) in [6.07, 6.45) is 3.91. The first kappa shape index (κ1) is 13.4. The molecule has 1 saturated heterocycles. The zero-order valence-electron chi connectivity index (χ0n) is 11.7. The van der Waals surface area contributed by atoms with E-state index in [1.807, 2.05) is 11.8 Å². The number of rotatable bonds is 2. The minimum absolute atomic E-state index is 0.00732. The van der Waals surface area contributed by atoms with E-state index in [2.05, 4.69) is 19.2 Å². The lowest BCUT2D eigenvalue weighted by Crippen LogP contribution is -2.58. The van der Waals surface area contributed by atoms with Crippen molar-refractivity contribution < 1.29 is 9.59 Å². The highest BCUT2D eigenvalue weighted by Gasteiger charge is 2.43. The van der Waals surface area contributed by atoms with Gasteiger partial charge in [-0.3, -0.25) is 9.59 Å². The Kier molecular flexibility index (Phi) is 3.64. The van der Waals surface area contributed by atoms with Gasteiger partial charge in [-0.15, -0.1) is 0 Å². The number of amides is 2. The van der Waals surface area contributed by atoms with Crippen molar-refractivity contribution in [1.82, 2.24) is 10.2 Å². The van der Waals surface area contributed by atoms with Gasteiger partial charge in [0.15, 0.2) is 0 Å². The summed E-state index contributed by atoms with van der Waals surface area (Å²) in [6.45, 7) is 7.57. The highest BCUT2D eigenvalue weighted by Crippen LogP contribution is 2.43. The quantitative estimate of drug-likeness (QED) is 0.810. The Labute approximate surface area is 109 Å². The molecule has 2 unspecified atom stereocenters. The second-order valence-corrected chi connectivity index (χ2v) is 6.18. The summed E-state index contributed by atoms with van der Waals surface area (Å²) in [5.74, 6) is 0.296. The molecule has 102 valence electrons. The van der Waals surface area contributed by atoms with Gasteiger partial charge < -0.3 is 10.2 Å². The van der Waals surface area contributed by atoms with Gasteiger partial charge in [0, 0.05) is 19.0 Å². The fraction of sp³-hybridized carbons (Fsp3) is 0.857. The number of carbonyl (C=O) groups is 2. The summed E-state index contributed by atoms with van der Waals surface area (Å²) in [5.41, 5.74) is 0.0866. The van der Waals surface area contributed by atoms with E-state index >= 15 is 0 Å². The minimum Gasteiger partial charge on any atom is -0.353 e. The molecule has 0 bridgehead atoms. The third-order valence-electron chi connectivity index (χ3n) is 4.56. The highest BCUT2D eigenvalue weighted by atomic mass is 16.2. The molecule has 1 aliphatic carbocycles. The number of hydrogen-bond acceptors (Lipinski definition) is 2. The number of nitrogens with zero attached hydrogens (tertiary/aromatic N) is 1. The topological polar surface area (TPSA) is 49.4 Å². The van der Waals surface area contributed by atoms with Crippen molar-refractivity contribution >= 4 is 11.8 Å². The van der Waals surface area contributed by atoms with E-state index in [0.717, 1.165) is 19.3 Å². The lowest BCUT2D eigenvalue weighted by Gasteiger charge is -2.38. The van der Waals surface area contributed by atoms with E-state index in [0.29, 0.717) is 19.5 Å². The molecule has 4 heteroatoms. The molecule has 1 aliphatic heterocycles. The zero-order chi connectivity index (χ0) is 13.3. The molecule has 1 N–H and O–H groups in total. The zero-order valence-corrected chi connectivity index (χ0v) is 11.7. The van der Waals surface area contributed by atoms with E-state index < -0.39 is 0 Å². The Morgan fingerprint density at radius 2 is 2.22 bits per heavy atom. The van der Waals surface area contributed by atoms with Gasteiger partial charge in [-0.1, -0.05) is 27.2 Å². The minimum atomic E-state index is -0.261. The number of carbonyl (C=O) groups excluding carboxylic acids is 2. The molecule has 4 nitrogen and oxygen atoms in total. The van der Waals surface area contributed by atoms with Gasteiger partial charge in [0.25, 0.3) is 0 Å². The van der Waals surface area contributed by atoms with Crippen LogP contribution in [0.15, 0.2) is 0 Å². The van der Waals surface area contributed by atoms with Crippen LogP contribution in [0.3, 0.4) is 0 Å². The summed E-state index contributed by atoms with van der Waals surface area (Å²) in [4.78, 5) is 26.3. The van der Waals surface area contributed by atoms with E-state index in [1.54, 1.807) is 0 Å². The Morgan fingerprint density at radius 3 is 2.78 bits per heavy atom. The molecular formula is C14H24N2O2. The molecule has 0 spiro atoms. The van der Waals surface area contributed by atoms with E-state index in [4.69, 9.17) is 0 Å². The molecular weight excluding hydrogens is 228 g/mol. The number of nitrogens with one attached hydrogen (secondary N) is 1. The molecule has 2 fully saturated rings. The van der Waals surface area contributed by atoms with Crippen molar-refractivity contribution in [2.75, 3.05) is 13.1 Å². The normalized spacial score (nSPS) is 31.3. The van der Waals surface area contributed by atoms with Crippen LogP contribution in [0.1, 0.15) is 46.5 Å². The third-order valence-corrected chi connectivity index (χ3v) is 4.56. The van der Waals surface area contributed by atoms with Crippen molar-refractivity contribution in [3.8, 4) is 0 Å². The Morgan fingerprint density at radius 1 is 1.50 bits per heavy atom. The average Bonchev–Trinajstić information content (AvgIpc) is 2.67. The molecule has 1 saturated carbocycles. The standard InChI is InChI=1S/C14H24N2O2/c1-4-11-12(17)15-8-9-16(11)13(18)10-6-5-7-14(10,2)3/h10-11H,4-9H2,1-3H3,(H,15,17). The molecule has 0 aromatic rings. The van der Waals surface area contributed by atoms with Crippen LogP contribution in [-0.4, -0.2) is 35.8 Å². The second-order valence-electron chi connectivity index (χ2n) is 6.18. The molecule has 0 aromatic heterocycles. The second kappa shape index (κ2) is 4.90. The fourth-order valence-electron chi connectivity index (χ4n) is 3.37. The monoisotopic (exact) mass is 252 g/mol. The SMILES string of the molecule is CCC1C(=O)NCCN1C(=O)C1CCCC1(C)C. The third kappa shape index (κ3) is 2.25. The molecule has 0 aromatic carbocycles. The van der Waals surface area contributed by atoms with E-state index in [-0.39, 0.29) is 29.2 Å². The summed E-state index contributed by atoms with van der Waals surface area (Å²) in [5, 5.41) is 2.85. The first-order valence-electron chi connectivity index (χ1n) is 7.05. The van der Waals surface area contributed by atoms with Crippen LogP contribution in [0.4, 0.5) is 0 Å². The molecule has 1 heterocycles. The number of piperazine rings is 1. The molecule has 2 rings (SSSR count). The van der Waals surface area contributed by atoms with Gasteiger partial charge in [0.1, 0.15) is 6.04 Å². The van der Waals surface area contributed by atoms with Crippen LogP contribution in [0, 0.1) is 11.3 Å². The van der Waals surface area contributed by atoms with E-state index in [9.17, 15) is 9.59 Å². The Balaban J connectivity index is 2.14. The lowest BCUT2D eigenvalue weighted by atomic mass is 9.80. The largest absolute Gasteiger partial charge is 0.353 e. The predicted octanol–water partition coefficient (Wildman–Crippen LogP) is 1.55. The van der Waals surface area contributed by atoms with Crippen molar-refractivity contribution in [2.24, 2.45) is 11.3 Å². The molecule has 0 radical (unpaired) electrons. The summed E-state index contributed by atoms with van der Waals surface area (Å²) in [7, 11) is 0. The van der Waals surface area contributed by atoms with Crippen LogP contribution in [0.5, 0.6) is 0 Å². The van der Waals surface area contributed by atoms with Crippen molar-refractivity contribution in [3.63, 3.8) is 0 Å². The number of hydrogen-bond donors (Lipinski definition) is 1. The van der Waals surface area contributed by atoms with Crippen molar-refractivity contribution in [3.05, 3.63) is 0 Å². The molecule has 2 amide bonds. The average molecular weight is 252 g/mol. The first-order chi connectivity index (χ1) is 8.47. The van der Waals surface area contributed by atoms with Crippen LogP contribution >= 0.6 is 0 Å². The van der Waals surface area contributed by atoms with Crippen LogP contribution in [0.25, 0.3) is 0 Å². The maximum atomic E-state index is 12.7. The van der Waals surface area contributed by atoms with Gasteiger partial charge in [-0.25, -0.2) is 0 Å². The first-order valence-corrected chi connectivity index (χ1v) is 7.05. The van der Waals surface area contributed by atoms with Gasteiger partial charge in [-0.2, -0.15) is 0 Å². The van der Waals surface area contributed by atoms with Gasteiger partial charge in [-0.05, 0) is 24.7 Å². The Hall–Kier alpha value is -1.06. The van der Waals surface area contributed by atoms with Crippen molar-refractivity contribution in [1.29, 1.82) is 0 Å². The molecule has 2 aliphatic rings. The van der Waals surface area contributed by atoms with Gasteiger partial charge >= 0.3 is 0 Å². The van der Waals surface area contributed by atoms with Gasteiger partial charge in [0.2, 0.25) is 11.8 Å². The fourth-order valence-corrected chi connectivity index (χ4v) is 3.37. The van der Waals surface area contributed by atoms with Crippen LogP contribution in [-0.2, 0) is 9.59 Å². The van der Waals surface area contributed by atoms with Crippen molar-refractivity contribution in [2.45, 2.75) is 52.5 Å². The maximum Gasteiger partial charge on any atom is 0.242 e. The van der Waals surface area contributed by atoms with Gasteiger partial charge in [0.05, 0.1) is 0 Å². The summed E-state index contributed by atoms with van der Waals surface area (Å²) in [6, 6.07) is -0.261. The van der Waals surface area contributed by atoms with E-state index in [1.165, 1.54) is 0 Å². The molecule has 18 heavy (non-hydrogen) atoms. The predicted molar refractivity (Wildman–Crippen MR) is 69.9 cm³/mol. The van der Waals surface area contributed by atoms with Crippen LogP contribution in [0.2, 0.25) is 0 Å². The lowest BCUT2D eigenvalue weighted by molar-refractivity contribution is -0.148. The highest BCUT2D eigenvalue weighted by molar-refractivity contribution is 5.90. The summed E-state index contributed by atoms with van der Waals surface area (Å²) >= 11 is 0. The Bertz CT molecular complexity index is 352.